The van der Waals surface area contributed by atoms with Crippen molar-refractivity contribution in [2.45, 2.75) is 44.5 Å². The number of hydrogen-bond donors (Lipinski definition) is 1. The second kappa shape index (κ2) is 12.7. The van der Waals surface area contributed by atoms with Crippen LogP contribution in [0.15, 0.2) is 78.9 Å². The number of rotatable bonds is 8. The smallest absolute Gasteiger partial charge is 0.435 e. The van der Waals surface area contributed by atoms with Crippen molar-refractivity contribution in [1.82, 2.24) is 15.1 Å². The molecule has 2 heterocycles. The van der Waals surface area contributed by atoms with Crippen molar-refractivity contribution in [3.05, 3.63) is 112 Å². The van der Waals surface area contributed by atoms with E-state index in [0.717, 1.165) is 41.7 Å². The molecule has 4 aromatic rings. The number of hydrogen-bond acceptors (Lipinski definition) is 6. The molecule has 0 bridgehead atoms. The molecule has 1 N–H and O–H groups in total. The molecule has 8 nitrogen and oxygen atoms in total. The Labute approximate surface area is 253 Å². The fourth-order valence-electron chi connectivity index (χ4n) is 5.23. The Bertz CT molecular complexity index is 1720. The standard InChI is InChI=1S/C32H31F3N4O4S/c1-21-18-22(2)28(38-44(41,42)20-23-6-4-3-5-7-23)19-27(21)31(40)39-16-14-25(15-17-39)24-8-10-26(11-9-24)43-30-13-12-29(36-37-30)32(33,34)35/h3-13,18-19,25,38H,14-17,20H2,1-2H3. The van der Waals surface area contributed by atoms with Gasteiger partial charge in [-0.25, -0.2) is 8.42 Å². The zero-order valence-corrected chi connectivity index (χ0v) is 25.0. The van der Waals surface area contributed by atoms with Gasteiger partial charge in [0.05, 0.1) is 11.4 Å². The lowest BCUT2D eigenvalue weighted by molar-refractivity contribution is -0.141. The van der Waals surface area contributed by atoms with Gasteiger partial charge in [-0.1, -0.05) is 48.5 Å². The average molecular weight is 625 g/mol. The van der Waals surface area contributed by atoms with Crippen molar-refractivity contribution >= 4 is 21.6 Å². The largest absolute Gasteiger partial charge is 0.438 e. The van der Waals surface area contributed by atoms with E-state index in [2.05, 4.69) is 14.9 Å². The van der Waals surface area contributed by atoms with Crippen LogP contribution in [0, 0.1) is 13.8 Å². The number of halogens is 3. The minimum Gasteiger partial charge on any atom is -0.438 e. The SMILES string of the molecule is Cc1cc(C)c(C(=O)N2CCC(c3ccc(Oc4ccc(C(F)(F)F)nn4)cc3)CC2)cc1NS(=O)(=O)Cc1ccccc1. The van der Waals surface area contributed by atoms with Gasteiger partial charge in [0.2, 0.25) is 15.9 Å². The summed E-state index contributed by atoms with van der Waals surface area (Å²) in [6.45, 7) is 4.71. The number of nitrogens with zero attached hydrogens (tertiary/aromatic N) is 3. The van der Waals surface area contributed by atoms with Crippen LogP contribution >= 0.6 is 0 Å². The molecule has 0 aliphatic carbocycles. The normalized spacial score (nSPS) is 14.3. The summed E-state index contributed by atoms with van der Waals surface area (Å²) in [5.74, 6) is 0.259. The predicted molar refractivity (Wildman–Crippen MR) is 160 cm³/mol. The maximum atomic E-state index is 13.5. The highest BCUT2D eigenvalue weighted by atomic mass is 32.2. The third-order valence-corrected chi connectivity index (χ3v) is 8.80. The van der Waals surface area contributed by atoms with Gasteiger partial charge in [0, 0.05) is 24.7 Å². The molecule has 0 unspecified atom stereocenters. The fourth-order valence-corrected chi connectivity index (χ4v) is 6.49. The van der Waals surface area contributed by atoms with E-state index in [-0.39, 0.29) is 23.5 Å². The molecule has 1 saturated heterocycles. The molecule has 5 rings (SSSR count). The van der Waals surface area contributed by atoms with Crippen LogP contribution in [0.2, 0.25) is 0 Å². The molecule has 3 aromatic carbocycles. The fraction of sp³-hybridized carbons (Fsp3) is 0.281. The summed E-state index contributed by atoms with van der Waals surface area (Å²) < 4.78 is 72.0. The van der Waals surface area contributed by atoms with Gasteiger partial charge in [-0.05, 0) is 79.1 Å². The van der Waals surface area contributed by atoms with Gasteiger partial charge in [0.1, 0.15) is 5.75 Å². The number of carbonyl (C=O) groups is 1. The lowest BCUT2D eigenvalue weighted by Gasteiger charge is -2.33. The van der Waals surface area contributed by atoms with Crippen LogP contribution in [-0.2, 0) is 22.0 Å². The number of ether oxygens (including phenoxy) is 1. The van der Waals surface area contributed by atoms with Crippen molar-refractivity contribution in [2.75, 3.05) is 17.8 Å². The Balaban J connectivity index is 1.19. The second-order valence-electron chi connectivity index (χ2n) is 10.8. The number of amides is 1. The molecule has 12 heteroatoms. The van der Waals surface area contributed by atoms with Gasteiger partial charge in [0.25, 0.3) is 5.91 Å². The van der Waals surface area contributed by atoms with Crippen LogP contribution in [0.4, 0.5) is 18.9 Å². The summed E-state index contributed by atoms with van der Waals surface area (Å²) in [6.07, 6.45) is -3.10. The van der Waals surface area contributed by atoms with E-state index < -0.39 is 21.9 Å². The van der Waals surface area contributed by atoms with E-state index in [4.69, 9.17) is 4.74 Å². The first kappa shape index (κ1) is 31.0. The summed E-state index contributed by atoms with van der Waals surface area (Å²) in [6, 6.07) is 21.5. The highest BCUT2D eigenvalue weighted by Crippen LogP contribution is 2.32. The van der Waals surface area contributed by atoms with Crippen molar-refractivity contribution in [3.8, 4) is 11.6 Å². The monoisotopic (exact) mass is 624 g/mol. The number of benzene rings is 3. The molecule has 0 radical (unpaired) electrons. The third kappa shape index (κ3) is 7.54. The number of sulfonamides is 1. The van der Waals surface area contributed by atoms with E-state index in [0.29, 0.717) is 35.7 Å². The number of likely N-dealkylation sites (tertiary alicyclic amines) is 1. The van der Waals surface area contributed by atoms with Crippen LogP contribution in [-0.4, -0.2) is 42.5 Å². The number of alkyl halides is 3. The summed E-state index contributed by atoms with van der Waals surface area (Å²) >= 11 is 0. The maximum Gasteiger partial charge on any atom is 0.435 e. The topological polar surface area (TPSA) is 101 Å². The number of carbonyl (C=O) groups excluding carboxylic acids is 1. The van der Waals surface area contributed by atoms with Crippen LogP contribution in [0.5, 0.6) is 11.6 Å². The number of piperidine rings is 1. The zero-order valence-electron chi connectivity index (χ0n) is 24.1. The first-order chi connectivity index (χ1) is 20.9. The summed E-state index contributed by atoms with van der Waals surface area (Å²) in [4.78, 5) is 15.3. The van der Waals surface area contributed by atoms with Crippen molar-refractivity contribution < 1.29 is 31.1 Å². The van der Waals surface area contributed by atoms with Gasteiger partial charge >= 0.3 is 6.18 Å². The highest BCUT2D eigenvalue weighted by Gasteiger charge is 2.33. The lowest BCUT2D eigenvalue weighted by Crippen LogP contribution is -2.38. The molecule has 1 fully saturated rings. The van der Waals surface area contributed by atoms with E-state index >= 15 is 0 Å². The first-order valence-corrected chi connectivity index (χ1v) is 15.7. The molecule has 1 aromatic heterocycles. The zero-order chi connectivity index (χ0) is 31.5. The summed E-state index contributed by atoms with van der Waals surface area (Å²) in [5.41, 5.74) is 2.98. The average Bonchev–Trinajstić information content (AvgIpc) is 2.99. The third-order valence-electron chi connectivity index (χ3n) is 7.55. The summed E-state index contributed by atoms with van der Waals surface area (Å²) in [5, 5.41) is 6.65. The molecular weight excluding hydrogens is 593 g/mol. The Morgan fingerprint density at radius 3 is 2.23 bits per heavy atom. The molecule has 1 aliphatic rings. The number of nitrogens with one attached hydrogen (secondary N) is 1. The van der Waals surface area contributed by atoms with E-state index in [1.165, 1.54) is 0 Å². The maximum absolute atomic E-state index is 13.5. The predicted octanol–water partition coefficient (Wildman–Crippen LogP) is 6.87. The second-order valence-corrected chi connectivity index (χ2v) is 12.5. The van der Waals surface area contributed by atoms with Crippen molar-refractivity contribution in [2.24, 2.45) is 0 Å². The Morgan fingerprint density at radius 2 is 1.61 bits per heavy atom. The highest BCUT2D eigenvalue weighted by molar-refractivity contribution is 7.91. The van der Waals surface area contributed by atoms with Crippen LogP contribution in [0.25, 0.3) is 0 Å². The Morgan fingerprint density at radius 1 is 0.932 bits per heavy atom. The van der Waals surface area contributed by atoms with Gasteiger partial charge in [0.15, 0.2) is 5.69 Å². The lowest BCUT2D eigenvalue weighted by atomic mass is 9.89. The van der Waals surface area contributed by atoms with E-state index in [1.807, 2.05) is 31.2 Å². The Kier molecular flexibility index (Phi) is 8.91. The molecule has 0 atom stereocenters. The molecule has 1 amide bonds. The number of anilines is 1. The van der Waals surface area contributed by atoms with Gasteiger partial charge < -0.3 is 9.64 Å². The number of aryl methyl sites for hydroxylation is 2. The summed E-state index contributed by atoms with van der Waals surface area (Å²) in [7, 11) is -3.69. The molecule has 44 heavy (non-hydrogen) atoms. The quantitative estimate of drug-likeness (QED) is 0.230. The van der Waals surface area contributed by atoms with Crippen LogP contribution in [0.1, 0.15) is 57.1 Å². The molecule has 1 aliphatic heterocycles. The van der Waals surface area contributed by atoms with Crippen LogP contribution < -0.4 is 9.46 Å². The molecule has 230 valence electrons. The molecular formula is C32H31F3N4O4S. The molecule has 0 saturated carbocycles. The van der Waals surface area contributed by atoms with Crippen LogP contribution in [0.3, 0.4) is 0 Å². The van der Waals surface area contributed by atoms with Crippen molar-refractivity contribution in [1.29, 1.82) is 0 Å². The van der Waals surface area contributed by atoms with E-state index in [1.54, 1.807) is 54.3 Å². The number of aromatic nitrogens is 2. The van der Waals surface area contributed by atoms with Crippen molar-refractivity contribution in [3.63, 3.8) is 0 Å². The minimum atomic E-state index is -4.57. The molecule has 0 spiro atoms. The first-order valence-electron chi connectivity index (χ1n) is 14.0. The van der Waals surface area contributed by atoms with Gasteiger partial charge in [-0.3, -0.25) is 9.52 Å². The van der Waals surface area contributed by atoms with Gasteiger partial charge in [-0.2, -0.15) is 13.2 Å². The Hall–Kier alpha value is -4.45. The van der Waals surface area contributed by atoms with E-state index in [9.17, 15) is 26.4 Å². The van der Waals surface area contributed by atoms with Gasteiger partial charge in [-0.15, -0.1) is 10.2 Å². The minimum absolute atomic E-state index is 0.0453.